The quantitative estimate of drug-likeness (QED) is 0.624. The highest BCUT2D eigenvalue weighted by Crippen LogP contribution is 2.15. The number of nitrogens with one attached hydrogen (secondary N) is 2. The molecule has 122 valence electrons. The van der Waals surface area contributed by atoms with Crippen LogP contribution in [0.2, 0.25) is 0 Å². The third-order valence-electron chi connectivity index (χ3n) is 4.07. The highest BCUT2D eigenvalue weighted by Gasteiger charge is 2.23. The molecule has 2 unspecified atom stereocenters. The lowest BCUT2D eigenvalue weighted by molar-refractivity contribution is -0.140. The zero-order valence-corrected chi connectivity index (χ0v) is 13.4. The van der Waals surface area contributed by atoms with Crippen molar-refractivity contribution in [2.24, 2.45) is 5.92 Å². The highest BCUT2D eigenvalue weighted by atomic mass is 16.4. The van der Waals surface area contributed by atoms with Crippen molar-refractivity contribution in [3.63, 3.8) is 0 Å². The van der Waals surface area contributed by atoms with Gasteiger partial charge in [-0.25, -0.2) is 9.59 Å². The summed E-state index contributed by atoms with van der Waals surface area (Å²) in [5, 5.41) is 14.3. The number of nitrogens with zero attached hydrogens (tertiary/aromatic N) is 1. The van der Waals surface area contributed by atoms with E-state index in [0.29, 0.717) is 12.6 Å². The first-order valence-electron chi connectivity index (χ1n) is 7.93. The zero-order valence-electron chi connectivity index (χ0n) is 13.4. The lowest BCUT2D eigenvalue weighted by Gasteiger charge is -2.33. The molecule has 2 atom stereocenters. The number of urea groups is 1. The molecule has 0 spiro atoms. The standard InChI is InChI=1S/C15H29N3O3/c1-11(2)13(14(19)20)17-15(21)16-8-6-10-18-9-5-4-7-12(18)3/h11-13H,4-10H2,1-3H3,(H,19,20)(H2,16,17,21). The Hall–Kier alpha value is -1.30. The van der Waals surface area contributed by atoms with Crippen LogP contribution >= 0.6 is 0 Å². The molecule has 1 rings (SSSR count). The fourth-order valence-corrected chi connectivity index (χ4v) is 2.68. The summed E-state index contributed by atoms with van der Waals surface area (Å²) in [6.45, 7) is 8.49. The molecule has 0 aromatic carbocycles. The Bertz CT molecular complexity index is 347. The fraction of sp³-hybridized carbons (Fsp3) is 0.867. The van der Waals surface area contributed by atoms with Crippen LogP contribution in [0.4, 0.5) is 4.79 Å². The SMILES string of the molecule is CC(C)C(NC(=O)NCCCN1CCCCC1C)C(=O)O. The van der Waals surface area contributed by atoms with Gasteiger partial charge in [0.1, 0.15) is 6.04 Å². The van der Waals surface area contributed by atoms with Gasteiger partial charge in [-0.2, -0.15) is 0 Å². The van der Waals surface area contributed by atoms with Crippen molar-refractivity contribution in [1.82, 2.24) is 15.5 Å². The summed E-state index contributed by atoms with van der Waals surface area (Å²) in [6.07, 6.45) is 4.71. The predicted octanol–water partition coefficient (Wildman–Crippen LogP) is 1.66. The highest BCUT2D eigenvalue weighted by molar-refractivity contribution is 5.82. The molecule has 0 bridgehead atoms. The molecule has 1 fully saturated rings. The number of carboxylic acid groups (broad SMARTS) is 1. The third kappa shape index (κ3) is 6.33. The van der Waals surface area contributed by atoms with Crippen molar-refractivity contribution in [1.29, 1.82) is 0 Å². The molecule has 0 aromatic heterocycles. The molecule has 0 aromatic rings. The average molecular weight is 299 g/mol. The van der Waals surface area contributed by atoms with Crippen molar-refractivity contribution in [2.45, 2.75) is 58.5 Å². The molecule has 1 heterocycles. The Balaban J connectivity index is 2.19. The fourth-order valence-electron chi connectivity index (χ4n) is 2.68. The van der Waals surface area contributed by atoms with Gasteiger partial charge >= 0.3 is 12.0 Å². The summed E-state index contributed by atoms with van der Waals surface area (Å²) < 4.78 is 0. The number of aliphatic carboxylic acids is 1. The minimum absolute atomic E-state index is 0.137. The van der Waals surface area contributed by atoms with E-state index < -0.39 is 18.0 Å². The van der Waals surface area contributed by atoms with E-state index in [-0.39, 0.29) is 5.92 Å². The number of amides is 2. The molecule has 2 amide bonds. The molecule has 1 aliphatic heterocycles. The van der Waals surface area contributed by atoms with Gasteiger partial charge in [-0.1, -0.05) is 20.3 Å². The number of hydrogen-bond donors (Lipinski definition) is 3. The van der Waals surface area contributed by atoms with Crippen molar-refractivity contribution in [2.75, 3.05) is 19.6 Å². The van der Waals surface area contributed by atoms with Crippen LogP contribution in [-0.2, 0) is 4.79 Å². The summed E-state index contributed by atoms with van der Waals surface area (Å²) in [6, 6.07) is -0.611. The lowest BCUT2D eigenvalue weighted by Crippen LogP contribution is -2.49. The Morgan fingerprint density at radius 2 is 2.05 bits per heavy atom. The number of rotatable bonds is 7. The Kier molecular flexibility index (Phi) is 7.50. The van der Waals surface area contributed by atoms with Crippen molar-refractivity contribution >= 4 is 12.0 Å². The van der Waals surface area contributed by atoms with E-state index in [4.69, 9.17) is 5.11 Å². The van der Waals surface area contributed by atoms with Gasteiger partial charge in [-0.3, -0.25) is 0 Å². The molecule has 3 N–H and O–H groups in total. The number of carbonyl (C=O) groups excluding carboxylic acids is 1. The second kappa shape index (κ2) is 8.87. The van der Waals surface area contributed by atoms with Gasteiger partial charge in [0.15, 0.2) is 0 Å². The summed E-state index contributed by atoms with van der Waals surface area (Å²) in [4.78, 5) is 25.1. The first kappa shape index (κ1) is 17.8. The van der Waals surface area contributed by atoms with Crippen LogP contribution in [0.5, 0.6) is 0 Å². The zero-order chi connectivity index (χ0) is 15.8. The van der Waals surface area contributed by atoms with Crippen molar-refractivity contribution in [3.8, 4) is 0 Å². The van der Waals surface area contributed by atoms with Gasteiger partial charge < -0.3 is 20.6 Å². The second-order valence-corrected chi connectivity index (χ2v) is 6.19. The summed E-state index contributed by atoms with van der Waals surface area (Å²) in [7, 11) is 0. The molecule has 0 saturated carbocycles. The van der Waals surface area contributed by atoms with Gasteiger partial charge in [0, 0.05) is 19.1 Å². The molecule has 1 saturated heterocycles. The van der Waals surface area contributed by atoms with Crippen LogP contribution < -0.4 is 10.6 Å². The van der Waals surface area contributed by atoms with Crippen LogP contribution in [0.15, 0.2) is 0 Å². The van der Waals surface area contributed by atoms with Crippen molar-refractivity contribution in [3.05, 3.63) is 0 Å². The Morgan fingerprint density at radius 3 is 2.62 bits per heavy atom. The maximum Gasteiger partial charge on any atom is 0.326 e. The molecule has 1 aliphatic rings. The normalized spacial score (nSPS) is 21.0. The maximum atomic E-state index is 11.7. The first-order valence-corrected chi connectivity index (χ1v) is 7.93. The number of piperidine rings is 1. The molecular weight excluding hydrogens is 270 g/mol. The van der Waals surface area contributed by atoms with Crippen LogP contribution in [0.3, 0.4) is 0 Å². The van der Waals surface area contributed by atoms with Crippen LogP contribution in [0, 0.1) is 5.92 Å². The van der Waals surface area contributed by atoms with E-state index in [9.17, 15) is 9.59 Å². The topological polar surface area (TPSA) is 81.7 Å². The van der Waals surface area contributed by atoms with E-state index >= 15 is 0 Å². The van der Waals surface area contributed by atoms with Gasteiger partial charge in [0.2, 0.25) is 0 Å². The van der Waals surface area contributed by atoms with Gasteiger partial charge in [-0.05, 0) is 38.6 Å². The Labute approximate surface area is 127 Å². The molecular formula is C15H29N3O3. The third-order valence-corrected chi connectivity index (χ3v) is 4.07. The maximum absolute atomic E-state index is 11.7. The van der Waals surface area contributed by atoms with E-state index in [1.807, 2.05) is 0 Å². The van der Waals surface area contributed by atoms with Gasteiger partial charge in [-0.15, -0.1) is 0 Å². The minimum atomic E-state index is -0.998. The van der Waals surface area contributed by atoms with Gasteiger partial charge in [0.25, 0.3) is 0 Å². The van der Waals surface area contributed by atoms with Crippen LogP contribution in [0.1, 0.15) is 46.5 Å². The molecule has 21 heavy (non-hydrogen) atoms. The van der Waals surface area contributed by atoms with Gasteiger partial charge in [0.05, 0.1) is 0 Å². The Morgan fingerprint density at radius 1 is 1.33 bits per heavy atom. The smallest absolute Gasteiger partial charge is 0.326 e. The van der Waals surface area contributed by atoms with E-state index in [1.165, 1.54) is 19.3 Å². The first-order chi connectivity index (χ1) is 9.91. The molecule has 6 heteroatoms. The molecule has 6 nitrogen and oxygen atoms in total. The van der Waals surface area contributed by atoms with Crippen LogP contribution in [-0.4, -0.2) is 53.7 Å². The average Bonchev–Trinajstić information content (AvgIpc) is 2.42. The van der Waals surface area contributed by atoms with E-state index in [2.05, 4.69) is 22.5 Å². The summed E-state index contributed by atoms with van der Waals surface area (Å²) in [5.41, 5.74) is 0. The number of carbonyl (C=O) groups is 2. The lowest BCUT2D eigenvalue weighted by atomic mass is 10.0. The monoisotopic (exact) mass is 299 g/mol. The number of likely N-dealkylation sites (tertiary alicyclic amines) is 1. The van der Waals surface area contributed by atoms with Crippen LogP contribution in [0.25, 0.3) is 0 Å². The largest absolute Gasteiger partial charge is 0.480 e. The summed E-state index contributed by atoms with van der Waals surface area (Å²) in [5.74, 6) is -1.13. The van der Waals surface area contributed by atoms with E-state index in [1.54, 1.807) is 13.8 Å². The summed E-state index contributed by atoms with van der Waals surface area (Å²) >= 11 is 0. The van der Waals surface area contributed by atoms with E-state index in [0.717, 1.165) is 19.5 Å². The minimum Gasteiger partial charge on any atom is -0.480 e. The predicted molar refractivity (Wildman–Crippen MR) is 82.3 cm³/mol. The molecule has 0 aliphatic carbocycles. The second-order valence-electron chi connectivity index (χ2n) is 6.19. The van der Waals surface area contributed by atoms with Crippen molar-refractivity contribution < 1.29 is 14.7 Å². The number of hydrogen-bond acceptors (Lipinski definition) is 3. The molecule has 0 radical (unpaired) electrons. The number of carboxylic acids is 1.